The molecule has 5 nitrogen and oxygen atoms in total. The van der Waals surface area contributed by atoms with Crippen molar-refractivity contribution in [3.63, 3.8) is 0 Å². The molecule has 0 saturated carbocycles. The molecule has 1 rings (SSSR count). The number of hydrogen-bond donors (Lipinski definition) is 0. The van der Waals surface area contributed by atoms with Gasteiger partial charge in [-0.05, 0) is 6.92 Å². The highest BCUT2D eigenvalue weighted by Crippen LogP contribution is 1.91. The molecule has 0 N–H and O–H groups in total. The molecule has 0 aromatic carbocycles. The number of nitrogens with zero attached hydrogens (tertiary/aromatic N) is 3. The first-order valence-electron chi connectivity index (χ1n) is 3.14. The smallest absolute Gasteiger partial charge is 0.360 e. The zero-order valence-electron chi connectivity index (χ0n) is 6.02. The average molecular weight is 153 g/mol. The van der Waals surface area contributed by atoms with Crippen LogP contribution in [-0.4, -0.2) is 27.8 Å². The predicted octanol–water partition coefficient (Wildman–Crippen LogP) is 0.0483. The van der Waals surface area contributed by atoms with Gasteiger partial charge in [0.05, 0.1) is 12.8 Å². The summed E-state index contributed by atoms with van der Waals surface area (Å²) in [4.78, 5) is 14.5. The van der Waals surface area contributed by atoms with Gasteiger partial charge < -0.3 is 4.74 Å². The minimum absolute atomic E-state index is 0.134. The van der Waals surface area contributed by atoms with Gasteiger partial charge in [-0.1, -0.05) is 0 Å². The van der Waals surface area contributed by atoms with Gasteiger partial charge in [0.25, 0.3) is 0 Å². The molecule has 0 bridgehead atoms. The minimum Gasteiger partial charge on any atom is -0.461 e. The number of hydrogen-bond acceptors (Lipinski definition) is 5. The van der Waals surface area contributed by atoms with E-state index in [0.29, 0.717) is 6.61 Å². The Morgan fingerprint density at radius 2 is 2.55 bits per heavy atom. The molecule has 58 valence electrons. The Labute approximate surface area is 63.4 Å². The average Bonchev–Trinajstić information content (AvgIpc) is 2.07. The van der Waals surface area contributed by atoms with Gasteiger partial charge >= 0.3 is 5.97 Å². The molecule has 0 saturated heterocycles. The molecular weight excluding hydrogens is 146 g/mol. The maximum atomic E-state index is 10.9. The van der Waals surface area contributed by atoms with Gasteiger partial charge in [-0.25, -0.2) is 9.78 Å². The standard InChI is InChI=1S/C6H7N3O2/c1-2-11-6(10)5-3-7-4-8-9-5/h3-4H,2H2,1H3. The molecule has 0 aliphatic carbocycles. The van der Waals surface area contributed by atoms with Gasteiger partial charge in [0.1, 0.15) is 6.33 Å². The first-order chi connectivity index (χ1) is 5.34. The third-order valence-corrected chi connectivity index (χ3v) is 0.965. The van der Waals surface area contributed by atoms with Crippen LogP contribution in [0.2, 0.25) is 0 Å². The lowest BCUT2D eigenvalue weighted by Gasteiger charge is -1.96. The van der Waals surface area contributed by atoms with Crippen LogP contribution < -0.4 is 0 Å². The van der Waals surface area contributed by atoms with Crippen LogP contribution in [0.1, 0.15) is 17.4 Å². The summed E-state index contributed by atoms with van der Waals surface area (Å²) >= 11 is 0. The van der Waals surface area contributed by atoms with Crippen molar-refractivity contribution in [3.05, 3.63) is 18.2 Å². The SMILES string of the molecule is CCOC(=O)c1cncnn1. The van der Waals surface area contributed by atoms with Crippen LogP contribution in [-0.2, 0) is 4.74 Å². The van der Waals surface area contributed by atoms with Crippen LogP contribution in [0, 0.1) is 0 Å². The van der Waals surface area contributed by atoms with E-state index in [1.54, 1.807) is 6.92 Å². The van der Waals surface area contributed by atoms with Crippen molar-refractivity contribution in [2.24, 2.45) is 0 Å². The van der Waals surface area contributed by atoms with Crippen LogP contribution in [0.4, 0.5) is 0 Å². The van der Waals surface area contributed by atoms with Gasteiger partial charge in [-0.3, -0.25) is 0 Å². The summed E-state index contributed by atoms with van der Waals surface area (Å²) in [6, 6.07) is 0. The van der Waals surface area contributed by atoms with Crippen LogP contribution in [0.25, 0.3) is 0 Å². The Morgan fingerprint density at radius 3 is 3.09 bits per heavy atom. The molecule has 0 unspecified atom stereocenters. The molecule has 5 heteroatoms. The largest absolute Gasteiger partial charge is 0.461 e. The molecule has 0 aliphatic rings. The maximum Gasteiger partial charge on any atom is 0.360 e. The molecule has 1 heterocycles. The summed E-state index contributed by atoms with van der Waals surface area (Å²) in [5, 5.41) is 6.94. The second-order valence-corrected chi connectivity index (χ2v) is 1.71. The van der Waals surface area contributed by atoms with E-state index in [2.05, 4.69) is 19.9 Å². The number of rotatable bonds is 2. The number of ether oxygens (including phenoxy) is 1. The molecule has 0 spiro atoms. The van der Waals surface area contributed by atoms with Gasteiger partial charge in [0.2, 0.25) is 0 Å². The van der Waals surface area contributed by atoms with Crippen molar-refractivity contribution < 1.29 is 9.53 Å². The molecule has 0 atom stereocenters. The van der Waals surface area contributed by atoms with Gasteiger partial charge in [0, 0.05) is 0 Å². The Balaban J connectivity index is 2.69. The van der Waals surface area contributed by atoms with E-state index in [1.807, 2.05) is 0 Å². The van der Waals surface area contributed by atoms with Gasteiger partial charge in [0.15, 0.2) is 5.69 Å². The third-order valence-electron chi connectivity index (χ3n) is 0.965. The highest BCUT2D eigenvalue weighted by molar-refractivity contribution is 5.86. The highest BCUT2D eigenvalue weighted by atomic mass is 16.5. The van der Waals surface area contributed by atoms with E-state index in [1.165, 1.54) is 12.5 Å². The minimum atomic E-state index is -0.492. The number of esters is 1. The van der Waals surface area contributed by atoms with E-state index < -0.39 is 5.97 Å². The molecular formula is C6H7N3O2. The van der Waals surface area contributed by atoms with E-state index in [4.69, 9.17) is 0 Å². The summed E-state index contributed by atoms with van der Waals surface area (Å²) in [6.45, 7) is 2.05. The summed E-state index contributed by atoms with van der Waals surface area (Å²) in [7, 11) is 0. The van der Waals surface area contributed by atoms with E-state index in [-0.39, 0.29) is 5.69 Å². The van der Waals surface area contributed by atoms with Crippen molar-refractivity contribution in [2.45, 2.75) is 6.92 Å². The number of carbonyl (C=O) groups excluding carboxylic acids is 1. The summed E-state index contributed by atoms with van der Waals surface area (Å²) in [6.07, 6.45) is 2.56. The van der Waals surface area contributed by atoms with Crippen LogP contribution in [0.3, 0.4) is 0 Å². The third kappa shape index (κ3) is 1.96. The second-order valence-electron chi connectivity index (χ2n) is 1.71. The predicted molar refractivity (Wildman–Crippen MR) is 35.8 cm³/mol. The zero-order chi connectivity index (χ0) is 8.10. The summed E-state index contributed by atoms with van der Waals surface area (Å²) < 4.78 is 4.65. The molecule has 1 aromatic rings. The van der Waals surface area contributed by atoms with Gasteiger partial charge in [-0.15, -0.1) is 10.2 Å². The molecule has 0 radical (unpaired) electrons. The van der Waals surface area contributed by atoms with Crippen molar-refractivity contribution in [2.75, 3.05) is 6.61 Å². The van der Waals surface area contributed by atoms with Crippen molar-refractivity contribution in [3.8, 4) is 0 Å². The fourth-order valence-corrected chi connectivity index (χ4v) is 0.546. The Hall–Kier alpha value is -1.52. The van der Waals surface area contributed by atoms with E-state index >= 15 is 0 Å². The fraction of sp³-hybridized carbons (Fsp3) is 0.333. The molecule has 0 fully saturated rings. The first-order valence-corrected chi connectivity index (χ1v) is 3.14. The lowest BCUT2D eigenvalue weighted by Crippen LogP contribution is -2.07. The zero-order valence-corrected chi connectivity index (χ0v) is 6.02. The molecule has 1 aromatic heterocycles. The molecule has 0 aliphatic heterocycles. The monoisotopic (exact) mass is 153 g/mol. The Bertz CT molecular complexity index is 237. The normalized spacial score (nSPS) is 9.18. The van der Waals surface area contributed by atoms with Crippen LogP contribution in [0.5, 0.6) is 0 Å². The van der Waals surface area contributed by atoms with Crippen molar-refractivity contribution >= 4 is 5.97 Å². The van der Waals surface area contributed by atoms with Crippen LogP contribution >= 0.6 is 0 Å². The molecule has 11 heavy (non-hydrogen) atoms. The molecule has 0 amide bonds. The first kappa shape index (κ1) is 7.59. The number of aromatic nitrogens is 3. The topological polar surface area (TPSA) is 65.0 Å². The van der Waals surface area contributed by atoms with Gasteiger partial charge in [-0.2, -0.15) is 0 Å². The maximum absolute atomic E-state index is 10.9. The van der Waals surface area contributed by atoms with Crippen LogP contribution in [0.15, 0.2) is 12.5 Å². The number of carbonyl (C=O) groups is 1. The lowest BCUT2D eigenvalue weighted by atomic mass is 10.5. The Morgan fingerprint density at radius 1 is 1.73 bits per heavy atom. The lowest BCUT2D eigenvalue weighted by molar-refractivity contribution is 0.0517. The summed E-state index contributed by atoms with van der Waals surface area (Å²) in [5.41, 5.74) is 0.134. The second kappa shape index (κ2) is 3.60. The van der Waals surface area contributed by atoms with E-state index in [9.17, 15) is 4.79 Å². The van der Waals surface area contributed by atoms with Crippen molar-refractivity contribution in [1.82, 2.24) is 15.2 Å². The Kier molecular flexibility index (Phi) is 2.48. The quantitative estimate of drug-likeness (QED) is 0.561. The van der Waals surface area contributed by atoms with E-state index in [0.717, 1.165) is 0 Å². The summed E-state index contributed by atoms with van der Waals surface area (Å²) in [5.74, 6) is -0.492. The highest BCUT2D eigenvalue weighted by Gasteiger charge is 2.06. The van der Waals surface area contributed by atoms with Crippen molar-refractivity contribution in [1.29, 1.82) is 0 Å². The fourth-order valence-electron chi connectivity index (χ4n) is 0.546.